The Balaban J connectivity index is 1.69. The van der Waals surface area contributed by atoms with E-state index >= 15 is 0 Å². The number of pyridine rings is 1. The van der Waals surface area contributed by atoms with Gasteiger partial charge >= 0.3 is 0 Å². The molecule has 4 rings (SSSR count). The maximum absolute atomic E-state index is 5.79. The van der Waals surface area contributed by atoms with Gasteiger partial charge in [0.15, 0.2) is 5.58 Å². The van der Waals surface area contributed by atoms with E-state index in [4.69, 9.17) is 4.42 Å². The second-order valence-corrected chi connectivity index (χ2v) is 6.23. The molecule has 0 saturated heterocycles. The third kappa shape index (κ3) is 2.87. The van der Waals surface area contributed by atoms with Crippen LogP contribution in [0, 0.1) is 20.8 Å². The minimum absolute atomic E-state index is 0.617. The van der Waals surface area contributed by atoms with Gasteiger partial charge < -0.3 is 8.98 Å². The van der Waals surface area contributed by atoms with Crippen LogP contribution in [0.1, 0.15) is 28.4 Å². The molecule has 0 radical (unpaired) electrons. The predicted molar refractivity (Wildman–Crippen MR) is 101 cm³/mol. The van der Waals surface area contributed by atoms with Gasteiger partial charge in [0.2, 0.25) is 5.89 Å². The molecule has 0 unspecified atom stereocenters. The highest BCUT2D eigenvalue weighted by Crippen LogP contribution is 2.23. The van der Waals surface area contributed by atoms with E-state index in [-0.39, 0.29) is 0 Å². The standard InChI is InChI=1S/C21H19N3O/c1-14-6-8-20-19(11-14)23-21(25-20)9-7-17-12-15(2)24(16(17)3)18-5-4-10-22-13-18/h4-13H,1-3H3/b9-7+. The van der Waals surface area contributed by atoms with E-state index in [9.17, 15) is 0 Å². The maximum Gasteiger partial charge on any atom is 0.220 e. The van der Waals surface area contributed by atoms with Crippen LogP contribution < -0.4 is 0 Å². The van der Waals surface area contributed by atoms with Gasteiger partial charge in [0.25, 0.3) is 0 Å². The molecule has 0 atom stereocenters. The molecule has 4 nitrogen and oxygen atoms in total. The van der Waals surface area contributed by atoms with Gasteiger partial charge in [0, 0.05) is 23.7 Å². The van der Waals surface area contributed by atoms with Crippen LogP contribution in [0.15, 0.2) is 53.2 Å². The number of hydrogen-bond donors (Lipinski definition) is 0. The second-order valence-electron chi connectivity index (χ2n) is 6.23. The zero-order chi connectivity index (χ0) is 17.4. The second kappa shape index (κ2) is 6.06. The molecule has 0 bridgehead atoms. The highest BCUT2D eigenvalue weighted by molar-refractivity contribution is 5.77. The predicted octanol–water partition coefficient (Wildman–Crippen LogP) is 5.11. The number of fused-ring (bicyclic) bond motifs is 1. The van der Waals surface area contributed by atoms with Crippen molar-refractivity contribution in [1.82, 2.24) is 14.5 Å². The van der Waals surface area contributed by atoms with Crippen molar-refractivity contribution in [1.29, 1.82) is 0 Å². The fourth-order valence-electron chi connectivity index (χ4n) is 3.13. The summed E-state index contributed by atoms with van der Waals surface area (Å²) in [6.07, 6.45) is 7.63. The SMILES string of the molecule is Cc1ccc2oc(/C=C/c3cc(C)n(-c4cccnc4)c3C)nc2c1. The van der Waals surface area contributed by atoms with Gasteiger partial charge in [-0.2, -0.15) is 0 Å². The van der Waals surface area contributed by atoms with E-state index in [0.29, 0.717) is 5.89 Å². The lowest BCUT2D eigenvalue weighted by Gasteiger charge is -2.08. The Hall–Kier alpha value is -3.14. The van der Waals surface area contributed by atoms with E-state index < -0.39 is 0 Å². The molecular weight excluding hydrogens is 310 g/mol. The van der Waals surface area contributed by atoms with Crippen LogP contribution in [0.2, 0.25) is 0 Å². The summed E-state index contributed by atoms with van der Waals surface area (Å²) in [7, 11) is 0. The summed E-state index contributed by atoms with van der Waals surface area (Å²) in [6.45, 7) is 6.26. The van der Waals surface area contributed by atoms with Gasteiger partial charge in [-0.3, -0.25) is 4.98 Å². The molecule has 0 saturated carbocycles. The number of aromatic nitrogens is 3. The van der Waals surface area contributed by atoms with Crippen LogP contribution in [0.25, 0.3) is 28.9 Å². The first-order valence-corrected chi connectivity index (χ1v) is 8.26. The van der Waals surface area contributed by atoms with Gasteiger partial charge in [-0.05, 0) is 68.3 Å². The van der Waals surface area contributed by atoms with Crippen LogP contribution in [0.5, 0.6) is 0 Å². The monoisotopic (exact) mass is 329 g/mol. The Morgan fingerprint density at radius 1 is 1.04 bits per heavy atom. The van der Waals surface area contributed by atoms with Crippen LogP contribution in [-0.2, 0) is 0 Å². The molecule has 124 valence electrons. The van der Waals surface area contributed by atoms with E-state index in [0.717, 1.165) is 28.0 Å². The summed E-state index contributed by atoms with van der Waals surface area (Å²) in [5.74, 6) is 0.617. The minimum Gasteiger partial charge on any atom is -0.437 e. The molecule has 0 aliphatic carbocycles. The molecule has 0 amide bonds. The van der Waals surface area contributed by atoms with Crippen molar-refractivity contribution in [2.45, 2.75) is 20.8 Å². The first-order chi connectivity index (χ1) is 12.1. The van der Waals surface area contributed by atoms with E-state index in [1.54, 1.807) is 6.20 Å². The fourth-order valence-corrected chi connectivity index (χ4v) is 3.13. The molecule has 0 aliphatic heterocycles. The molecule has 0 spiro atoms. The van der Waals surface area contributed by atoms with Crippen LogP contribution in [0.3, 0.4) is 0 Å². The highest BCUT2D eigenvalue weighted by Gasteiger charge is 2.09. The first kappa shape index (κ1) is 15.4. The number of oxazole rings is 1. The average molecular weight is 329 g/mol. The van der Waals surface area contributed by atoms with Crippen LogP contribution in [0.4, 0.5) is 0 Å². The molecule has 4 heteroatoms. The maximum atomic E-state index is 5.79. The lowest BCUT2D eigenvalue weighted by molar-refractivity contribution is 0.589. The van der Waals surface area contributed by atoms with Crippen molar-refractivity contribution >= 4 is 23.3 Å². The normalized spacial score (nSPS) is 11.6. The topological polar surface area (TPSA) is 43.9 Å². The average Bonchev–Trinajstić information content (AvgIpc) is 3.13. The fraction of sp³-hybridized carbons (Fsp3) is 0.143. The smallest absolute Gasteiger partial charge is 0.220 e. The lowest BCUT2D eigenvalue weighted by Crippen LogP contribution is -1.99. The van der Waals surface area contributed by atoms with Crippen molar-refractivity contribution in [3.05, 3.63) is 77.2 Å². The Kier molecular flexibility index (Phi) is 3.73. The summed E-state index contributed by atoms with van der Waals surface area (Å²) in [6, 6.07) is 12.2. The van der Waals surface area contributed by atoms with Gasteiger partial charge in [0.1, 0.15) is 5.52 Å². The quantitative estimate of drug-likeness (QED) is 0.524. The molecule has 0 fully saturated rings. The molecule has 1 aromatic carbocycles. The van der Waals surface area contributed by atoms with Gasteiger partial charge in [-0.15, -0.1) is 0 Å². The molecule has 0 aliphatic rings. The molecule has 4 aromatic rings. The minimum atomic E-state index is 0.617. The summed E-state index contributed by atoms with van der Waals surface area (Å²) < 4.78 is 7.99. The van der Waals surface area contributed by atoms with Gasteiger partial charge in [0.05, 0.1) is 11.9 Å². The number of benzene rings is 1. The largest absolute Gasteiger partial charge is 0.437 e. The number of hydrogen-bond acceptors (Lipinski definition) is 3. The third-order valence-corrected chi connectivity index (χ3v) is 4.34. The Labute approximate surface area is 146 Å². The zero-order valence-corrected chi connectivity index (χ0v) is 14.5. The summed E-state index contributed by atoms with van der Waals surface area (Å²) >= 11 is 0. The molecule has 3 aromatic heterocycles. The van der Waals surface area contributed by atoms with Crippen LogP contribution in [-0.4, -0.2) is 14.5 Å². The Morgan fingerprint density at radius 3 is 2.72 bits per heavy atom. The summed E-state index contributed by atoms with van der Waals surface area (Å²) in [5.41, 5.74) is 7.41. The zero-order valence-electron chi connectivity index (χ0n) is 14.5. The number of rotatable bonds is 3. The van der Waals surface area contributed by atoms with E-state index in [1.807, 2.05) is 42.6 Å². The molecule has 3 heterocycles. The summed E-state index contributed by atoms with van der Waals surface area (Å²) in [5, 5.41) is 0. The van der Waals surface area contributed by atoms with Crippen molar-refractivity contribution < 1.29 is 4.42 Å². The Bertz CT molecular complexity index is 1070. The molecule has 0 N–H and O–H groups in total. The number of nitrogens with zero attached hydrogens (tertiary/aromatic N) is 3. The van der Waals surface area contributed by atoms with Gasteiger partial charge in [-0.1, -0.05) is 6.07 Å². The highest BCUT2D eigenvalue weighted by atomic mass is 16.3. The van der Waals surface area contributed by atoms with E-state index in [2.05, 4.69) is 47.4 Å². The van der Waals surface area contributed by atoms with Crippen molar-refractivity contribution in [2.75, 3.05) is 0 Å². The van der Waals surface area contributed by atoms with Crippen LogP contribution >= 0.6 is 0 Å². The summed E-state index contributed by atoms with van der Waals surface area (Å²) in [4.78, 5) is 8.75. The Morgan fingerprint density at radius 2 is 1.92 bits per heavy atom. The molecular formula is C21H19N3O. The third-order valence-electron chi connectivity index (χ3n) is 4.34. The van der Waals surface area contributed by atoms with Crippen molar-refractivity contribution in [2.24, 2.45) is 0 Å². The molecule has 25 heavy (non-hydrogen) atoms. The van der Waals surface area contributed by atoms with E-state index in [1.165, 1.54) is 11.3 Å². The van der Waals surface area contributed by atoms with Gasteiger partial charge in [-0.25, -0.2) is 4.98 Å². The van der Waals surface area contributed by atoms with Crippen molar-refractivity contribution in [3.8, 4) is 5.69 Å². The van der Waals surface area contributed by atoms with Crippen molar-refractivity contribution in [3.63, 3.8) is 0 Å². The number of aryl methyl sites for hydroxylation is 2. The first-order valence-electron chi connectivity index (χ1n) is 8.26. The lowest BCUT2D eigenvalue weighted by atomic mass is 10.2.